The molecule has 2 rings (SSSR count). The molecule has 0 saturated heterocycles. The predicted octanol–water partition coefficient (Wildman–Crippen LogP) is 3.98. The quantitative estimate of drug-likeness (QED) is 0.805. The van der Waals surface area contributed by atoms with Crippen molar-refractivity contribution in [1.29, 1.82) is 0 Å². The lowest BCUT2D eigenvalue weighted by molar-refractivity contribution is 0.252. The highest BCUT2D eigenvalue weighted by atomic mass is 19.1. The maximum Gasteiger partial charge on any atom is 0.319 e. The molecular weight excluding hydrogens is 262 g/mol. The Hall–Kier alpha value is -1.91. The Morgan fingerprint density at radius 3 is 2.85 bits per heavy atom. The third kappa shape index (κ3) is 4.33. The summed E-state index contributed by atoms with van der Waals surface area (Å²) < 4.78 is 26.3. The second-order valence-corrected chi connectivity index (χ2v) is 4.86. The SMILES string of the molecule is O=C(NCCC1=CCCCC1)Nc1cc(F)ccc1F. The molecular formula is C15H18F2N2O. The van der Waals surface area contributed by atoms with Gasteiger partial charge in [-0.05, 0) is 44.2 Å². The van der Waals surface area contributed by atoms with Crippen molar-refractivity contribution >= 4 is 11.7 Å². The van der Waals surface area contributed by atoms with Crippen LogP contribution < -0.4 is 10.6 Å². The molecule has 0 heterocycles. The van der Waals surface area contributed by atoms with Crippen LogP contribution in [0.5, 0.6) is 0 Å². The molecule has 3 nitrogen and oxygen atoms in total. The third-order valence-electron chi connectivity index (χ3n) is 3.29. The first kappa shape index (κ1) is 14.5. The van der Waals surface area contributed by atoms with Crippen molar-refractivity contribution in [1.82, 2.24) is 5.32 Å². The second-order valence-electron chi connectivity index (χ2n) is 4.86. The summed E-state index contributed by atoms with van der Waals surface area (Å²) in [5.74, 6) is -1.24. The Morgan fingerprint density at radius 1 is 1.25 bits per heavy atom. The molecule has 108 valence electrons. The average molecular weight is 280 g/mol. The van der Waals surface area contributed by atoms with Gasteiger partial charge in [0.25, 0.3) is 0 Å². The minimum atomic E-state index is -0.656. The highest BCUT2D eigenvalue weighted by molar-refractivity contribution is 5.89. The highest BCUT2D eigenvalue weighted by Crippen LogP contribution is 2.19. The fourth-order valence-corrected chi connectivity index (χ4v) is 2.23. The van der Waals surface area contributed by atoms with E-state index in [1.54, 1.807) is 0 Å². The zero-order chi connectivity index (χ0) is 14.4. The number of urea groups is 1. The maximum absolute atomic E-state index is 13.3. The Morgan fingerprint density at radius 2 is 2.10 bits per heavy atom. The summed E-state index contributed by atoms with van der Waals surface area (Å²) in [4.78, 5) is 11.6. The van der Waals surface area contributed by atoms with E-state index in [-0.39, 0.29) is 5.69 Å². The fourth-order valence-electron chi connectivity index (χ4n) is 2.23. The summed E-state index contributed by atoms with van der Waals surface area (Å²) in [5, 5.41) is 4.95. The topological polar surface area (TPSA) is 41.1 Å². The zero-order valence-electron chi connectivity index (χ0n) is 11.2. The van der Waals surface area contributed by atoms with E-state index in [0.717, 1.165) is 37.5 Å². The maximum atomic E-state index is 13.3. The minimum absolute atomic E-state index is 0.153. The van der Waals surface area contributed by atoms with Crippen LogP contribution in [0.25, 0.3) is 0 Å². The van der Waals surface area contributed by atoms with Crippen LogP contribution in [0.3, 0.4) is 0 Å². The number of allylic oxidation sites excluding steroid dienone is 1. The van der Waals surface area contributed by atoms with Crippen LogP contribution in [0.15, 0.2) is 29.8 Å². The lowest BCUT2D eigenvalue weighted by atomic mass is 9.97. The van der Waals surface area contributed by atoms with Gasteiger partial charge in [0.1, 0.15) is 11.6 Å². The number of rotatable bonds is 4. The summed E-state index contributed by atoms with van der Waals surface area (Å²) in [6.45, 7) is 0.495. The van der Waals surface area contributed by atoms with Crippen LogP contribution in [0.4, 0.5) is 19.3 Å². The molecule has 0 unspecified atom stereocenters. The number of carbonyl (C=O) groups excluding carboxylic acids is 1. The second kappa shape index (κ2) is 7.03. The minimum Gasteiger partial charge on any atom is -0.338 e. The molecule has 20 heavy (non-hydrogen) atoms. The van der Waals surface area contributed by atoms with Crippen LogP contribution in [0, 0.1) is 11.6 Å². The van der Waals surface area contributed by atoms with E-state index in [2.05, 4.69) is 16.7 Å². The monoisotopic (exact) mass is 280 g/mol. The lowest BCUT2D eigenvalue weighted by Crippen LogP contribution is -2.30. The van der Waals surface area contributed by atoms with Gasteiger partial charge in [0.2, 0.25) is 0 Å². The summed E-state index contributed by atoms with van der Waals surface area (Å²) in [6, 6.07) is 2.43. The van der Waals surface area contributed by atoms with E-state index < -0.39 is 17.7 Å². The number of anilines is 1. The van der Waals surface area contributed by atoms with Crippen LogP contribution in [0.2, 0.25) is 0 Å². The van der Waals surface area contributed by atoms with E-state index in [4.69, 9.17) is 0 Å². The smallest absolute Gasteiger partial charge is 0.319 e. The van der Waals surface area contributed by atoms with Crippen molar-refractivity contribution in [2.45, 2.75) is 32.1 Å². The first-order chi connectivity index (χ1) is 9.65. The normalized spacial score (nSPS) is 14.6. The molecule has 2 N–H and O–H groups in total. The van der Waals surface area contributed by atoms with Crippen molar-refractivity contribution in [3.63, 3.8) is 0 Å². The predicted molar refractivity (Wildman–Crippen MR) is 74.5 cm³/mol. The van der Waals surface area contributed by atoms with E-state index in [1.807, 2.05) is 0 Å². The number of amides is 2. The van der Waals surface area contributed by atoms with E-state index in [9.17, 15) is 13.6 Å². The molecule has 5 heteroatoms. The summed E-state index contributed by atoms with van der Waals surface area (Å²) in [7, 11) is 0. The average Bonchev–Trinajstić information content (AvgIpc) is 2.44. The Bertz CT molecular complexity index is 515. The number of hydrogen-bond acceptors (Lipinski definition) is 1. The first-order valence-corrected chi connectivity index (χ1v) is 6.83. The summed E-state index contributed by atoms with van der Waals surface area (Å²) >= 11 is 0. The number of hydrogen-bond donors (Lipinski definition) is 2. The van der Waals surface area contributed by atoms with Crippen LogP contribution >= 0.6 is 0 Å². The van der Waals surface area contributed by atoms with Gasteiger partial charge in [-0.25, -0.2) is 13.6 Å². The molecule has 1 aromatic rings. The lowest BCUT2D eigenvalue weighted by Gasteiger charge is -2.13. The molecule has 2 amide bonds. The molecule has 0 aliphatic heterocycles. The summed E-state index contributed by atoms with van der Waals surface area (Å²) in [6.07, 6.45) is 7.65. The highest BCUT2D eigenvalue weighted by Gasteiger charge is 2.08. The van der Waals surface area contributed by atoms with Crippen molar-refractivity contribution < 1.29 is 13.6 Å². The largest absolute Gasteiger partial charge is 0.338 e. The molecule has 0 radical (unpaired) electrons. The van der Waals surface area contributed by atoms with Crippen molar-refractivity contribution in [3.05, 3.63) is 41.5 Å². The van der Waals surface area contributed by atoms with Crippen molar-refractivity contribution in [3.8, 4) is 0 Å². The van der Waals surface area contributed by atoms with Gasteiger partial charge >= 0.3 is 6.03 Å². The van der Waals surface area contributed by atoms with E-state index >= 15 is 0 Å². The molecule has 1 aliphatic carbocycles. The van der Waals surface area contributed by atoms with Crippen molar-refractivity contribution in [2.75, 3.05) is 11.9 Å². The van der Waals surface area contributed by atoms with Gasteiger partial charge < -0.3 is 10.6 Å². The summed E-state index contributed by atoms with van der Waals surface area (Å²) in [5.41, 5.74) is 1.20. The number of halogens is 2. The van der Waals surface area contributed by atoms with Crippen LogP contribution in [-0.2, 0) is 0 Å². The van der Waals surface area contributed by atoms with Gasteiger partial charge in [-0.1, -0.05) is 11.6 Å². The van der Waals surface area contributed by atoms with Gasteiger partial charge in [-0.15, -0.1) is 0 Å². The van der Waals surface area contributed by atoms with E-state index in [0.29, 0.717) is 6.54 Å². The number of carbonyl (C=O) groups is 1. The Labute approximate surface area is 117 Å². The van der Waals surface area contributed by atoms with Gasteiger partial charge in [0, 0.05) is 12.6 Å². The fraction of sp³-hybridized carbons (Fsp3) is 0.400. The number of nitrogens with one attached hydrogen (secondary N) is 2. The number of benzene rings is 1. The van der Waals surface area contributed by atoms with Crippen LogP contribution in [-0.4, -0.2) is 12.6 Å². The molecule has 0 aromatic heterocycles. The molecule has 1 aromatic carbocycles. The molecule has 0 atom stereocenters. The van der Waals surface area contributed by atoms with Crippen LogP contribution in [0.1, 0.15) is 32.1 Å². The van der Waals surface area contributed by atoms with Crippen molar-refractivity contribution in [2.24, 2.45) is 0 Å². The van der Waals surface area contributed by atoms with Gasteiger partial charge in [0.05, 0.1) is 5.69 Å². The van der Waals surface area contributed by atoms with E-state index in [1.165, 1.54) is 18.4 Å². The Kier molecular flexibility index (Phi) is 5.09. The first-order valence-electron chi connectivity index (χ1n) is 6.83. The molecule has 1 aliphatic rings. The third-order valence-corrected chi connectivity index (χ3v) is 3.29. The molecule has 0 spiro atoms. The van der Waals surface area contributed by atoms with Gasteiger partial charge in [-0.2, -0.15) is 0 Å². The molecule has 0 saturated carbocycles. The standard InChI is InChI=1S/C15H18F2N2O/c16-12-6-7-13(17)14(10-12)19-15(20)18-9-8-11-4-2-1-3-5-11/h4,6-7,10H,1-3,5,8-9H2,(H2,18,19,20). The van der Waals surface area contributed by atoms with Gasteiger partial charge in [-0.3, -0.25) is 0 Å². The molecule has 0 bridgehead atoms. The van der Waals surface area contributed by atoms with Gasteiger partial charge in [0.15, 0.2) is 0 Å². The zero-order valence-corrected chi connectivity index (χ0v) is 11.2. The Balaban J connectivity index is 1.77. The molecule has 0 fully saturated rings.